The van der Waals surface area contributed by atoms with Crippen LogP contribution in [0.5, 0.6) is 0 Å². The van der Waals surface area contributed by atoms with Gasteiger partial charge in [-0.15, -0.1) is 0 Å². The lowest BCUT2D eigenvalue weighted by atomic mass is 10.2. The smallest absolute Gasteiger partial charge is 0.238 e. The highest BCUT2D eigenvalue weighted by Crippen LogP contribution is 2.12. The summed E-state index contributed by atoms with van der Waals surface area (Å²) < 4.78 is 18.5. The lowest BCUT2D eigenvalue weighted by molar-refractivity contribution is -0.124. The van der Waals surface area contributed by atoms with Crippen molar-refractivity contribution < 1.29 is 18.4 Å². The third-order valence-electron chi connectivity index (χ3n) is 4.66. The van der Waals surface area contributed by atoms with Crippen LogP contribution in [-0.4, -0.2) is 60.9 Å². The SMILES string of the molecule is C[C@@H](NC(=O)CN1CCN(CC(=O)Nc2cccc(F)c2)CC1)c1ccco1. The maximum atomic E-state index is 13.2. The monoisotopic (exact) mass is 388 g/mol. The van der Waals surface area contributed by atoms with Crippen molar-refractivity contribution in [3.8, 4) is 0 Å². The molecule has 1 saturated heterocycles. The Balaban J connectivity index is 1.37. The van der Waals surface area contributed by atoms with Crippen LogP contribution in [0, 0.1) is 5.82 Å². The highest BCUT2D eigenvalue weighted by Gasteiger charge is 2.21. The number of furan rings is 1. The zero-order chi connectivity index (χ0) is 19.9. The van der Waals surface area contributed by atoms with Crippen LogP contribution in [0.1, 0.15) is 18.7 Å². The van der Waals surface area contributed by atoms with Gasteiger partial charge < -0.3 is 15.1 Å². The van der Waals surface area contributed by atoms with Crippen LogP contribution in [0.15, 0.2) is 47.1 Å². The number of amides is 2. The number of benzene rings is 1. The summed E-state index contributed by atoms with van der Waals surface area (Å²) in [6.07, 6.45) is 1.58. The Hall–Kier alpha value is -2.71. The van der Waals surface area contributed by atoms with E-state index in [4.69, 9.17) is 4.42 Å². The summed E-state index contributed by atoms with van der Waals surface area (Å²) in [5.41, 5.74) is 0.450. The van der Waals surface area contributed by atoms with E-state index in [0.29, 0.717) is 38.4 Å². The molecule has 0 aliphatic carbocycles. The second kappa shape index (κ2) is 9.48. The highest BCUT2D eigenvalue weighted by molar-refractivity contribution is 5.92. The molecule has 1 aromatic heterocycles. The molecule has 3 rings (SSSR count). The summed E-state index contributed by atoms with van der Waals surface area (Å²) in [5, 5.41) is 5.62. The standard InChI is InChI=1S/C20H25FN4O3/c1-15(18-6-3-11-28-18)22-19(26)13-24-7-9-25(10-8-24)14-20(27)23-17-5-2-4-16(21)12-17/h2-6,11-12,15H,7-10,13-14H2,1H3,(H,22,26)(H,23,27)/t15-/m1/s1. The van der Waals surface area contributed by atoms with Crippen LogP contribution in [0.4, 0.5) is 10.1 Å². The second-order valence-corrected chi connectivity index (χ2v) is 6.92. The quantitative estimate of drug-likeness (QED) is 0.757. The molecule has 0 bridgehead atoms. The van der Waals surface area contributed by atoms with Crippen molar-refractivity contribution in [1.29, 1.82) is 0 Å². The highest BCUT2D eigenvalue weighted by atomic mass is 19.1. The fourth-order valence-electron chi connectivity index (χ4n) is 3.17. The molecule has 150 valence electrons. The summed E-state index contributed by atoms with van der Waals surface area (Å²) in [4.78, 5) is 28.4. The van der Waals surface area contributed by atoms with Crippen LogP contribution < -0.4 is 10.6 Å². The van der Waals surface area contributed by atoms with E-state index in [1.807, 2.05) is 17.9 Å². The van der Waals surface area contributed by atoms with E-state index in [0.717, 1.165) is 5.76 Å². The molecule has 2 N–H and O–H groups in total. The largest absolute Gasteiger partial charge is 0.467 e. The maximum absolute atomic E-state index is 13.2. The second-order valence-electron chi connectivity index (χ2n) is 6.92. The molecule has 1 aliphatic heterocycles. The Bertz CT molecular complexity index is 789. The van der Waals surface area contributed by atoms with Gasteiger partial charge in [0.2, 0.25) is 11.8 Å². The van der Waals surface area contributed by atoms with E-state index >= 15 is 0 Å². The fourth-order valence-corrected chi connectivity index (χ4v) is 3.17. The van der Waals surface area contributed by atoms with Crippen molar-refractivity contribution in [3.05, 3.63) is 54.2 Å². The van der Waals surface area contributed by atoms with Gasteiger partial charge in [0.25, 0.3) is 0 Å². The average molecular weight is 388 g/mol. The Morgan fingerprint density at radius 2 is 1.75 bits per heavy atom. The van der Waals surface area contributed by atoms with Gasteiger partial charge >= 0.3 is 0 Å². The summed E-state index contributed by atoms with van der Waals surface area (Å²) in [5.74, 6) is 0.110. The van der Waals surface area contributed by atoms with Crippen LogP contribution in [0.2, 0.25) is 0 Å². The first-order chi connectivity index (χ1) is 13.5. The molecule has 8 heteroatoms. The first kappa shape index (κ1) is 20.0. The molecule has 2 aromatic rings. The number of piperazine rings is 1. The molecule has 0 spiro atoms. The third-order valence-corrected chi connectivity index (χ3v) is 4.66. The summed E-state index contributed by atoms with van der Waals surface area (Å²) in [7, 11) is 0. The molecule has 0 unspecified atom stereocenters. The Morgan fingerprint density at radius 1 is 1.07 bits per heavy atom. The van der Waals surface area contributed by atoms with Crippen LogP contribution in [-0.2, 0) is 9.59 Å². The summed E-state index contributed by atoms with van der Waals surface area (Å²) in [6.45, 7) is 5.23. The number of nitrogens with one attached hydrogen (secondary N) is 2. The molecular formula is C20H25FN4O3. The van der Waals surface area contributed by atoms with Gasteiger partial charge in [0.05, 0.1) is 25.4 Å². The van der Waals surface area contributed by atoms with Gasteiger partial charge in [-0.25, -0.2) is 4.39 Å². The van der Waals surface area contributed by atoms with E-state index in [2.05, 4.69) is 15.5 Å². The van der Waals surface area contributed by atoms with Gasteiger partial charge in [0.15, 0.2) is 0 Å². The molecule has 7 nitrogen and oxygen atoms in total. The average Bonchev–Trinajstić information content (AvgIpc) is 3.18. The van der Waals surface area contributed by atoms with E-state index in [9.17, 15) is 14.0 Å². The number of nitrogens with zero attached hydrogens (tertiary/aromatic N) is 2. The minimum absolute atomic E-state index is 0.0544. The molecule has 1 atom stereocenters. The molecule has 2 heterocycles. The Morgan fingerprint density at radius 3 is 2.36 bits per heavy atom. The molecule has 0 saturated carbocycles. The predicted molar refractivity (Wildman–Crippen MR) is 103 cm³/mol. The topological polar surface area (TPSA) is 77.8 Å². The Kier molecular flexibility index (Phi) is 6.78. The van der Waals surface area contributed by atoms with Crippen molar-refractivity contribution in [2.45, 2.75) is 13.0 Å². The van der Waals surface area contributed by atoms with Crippen LogP contribution in [0.3, 0.4) is 0 Å². The van der Waals surface area contributed by atoms with E-state index in [1.165, 1.54) is 12.1 Å². The first-order valence-corrected chi connectivity index (χ1v) is 9.32. The minimum atomic E-state index is -0.383. The van der Waals surface area contributed by atoms with E-state index in [1.54, 1.807) is 24.5 Å². The van der Waals surface area contributed by atoms with Crippen molar-refractivity contribution in [1.82, 2.24) is 15.1 Å². The van der Waals surface area contributed by atoms with Crippen molar-refractivity contribution in [2.75, 3.05) is 44.6 Å². The Labute approximate surface area is 163 Å². The van der Waals surface area contributed by atoms with E-state index in [-0.39, 0.29) is 30.2 Å². The number of halogens is 1. The molecule has 0 radical (unpaired) electrons. The molecular weight excluding hydrogens is 363 g/mol. The number of carbonyl (C=O) groups is 2. The number of rotatable bonds is 7. The van der Waals surface area contributed by atoms with Gasteiger partial charge in [-0.2, -0.15) is 0 Å². The van der Waals surface area contributed by atoms with Gasteiger partial charge in [-0.1, -0.05) is 6.07 Å². The van der Waals surface area contributed by atoms with E-state index < -0.39 is 0 Å². The predicted octanol–water partition coefficient (Wildman–Crippen LogP) is 1.85. The molecule has 2 amide bonds. The number of anilines is 1. The minimum Gasteiger partial charge on any atom is -0.467 e. The van der Waals surface area contributed by atoms with Crippen molar-refractivity contribution >= 4 is 17.5 Å². The number of carbonyl (C=O) groups excluding carboxylic acids is 2. The third kappa shape index (κ3) is 5.90. The molecule has 1 aliphatic rings. The van der Waals surface area contributed by atoms with Crippen LogP contribution in [0.25, 0.3) is 0 Å². The molecule has 1 fully saturated rings. The number of hydrogen-bond donors (Lipinski definition) is 2. The lowest BCUT2D eigenvalue weighted by Gasteiger charge is -2.34. The normalized spacial score (nSPS) is 16.5. The van der Waals surface area contributed by atoms with Crippen molar-refractivity contribution in [3.63, 3.8) is 0 Å². The summed E-state index contributed by atoms with van der Waals surface area (Å²) in [6, 6.07) is 9.29. The number of hydrogen-bond acceptors (Lipinski definition) is 5. The molecule has 1 aromatic carbocycles. The summed E-state index contributed by atoms with van der Waals surface area (Å²) >= 11 is 0. The zero-order valence-corrected chi connectivity index (χ0v) is 15.9. The van der Waals surface area contributed by atoms with Gasteiger partial charge in [-0.3, -0.25) is 19.4 Å². The lowest BCUT2D eigenvalue weighted by Crippen LogP contribution is -2.51. The fraction of sp³-hybridized carbons (Fsp3) is 0.400. The first-order valence-electron chi connectivity index (χ1n) is 9.32. The van der Waals surface area contributed by atoms with Gasteiger partial charge in [0.1, 0.15) is 11.6 Å². The zero-order valence-electron chi connectivity index (χ0n) is 15.9. The van der Waals surface area contributed by atoms with Crippen LogP contribution >= 0.6 is 0 Å². The van der Waals surface area contributed by atoms with Gasteiger partial charge in [0, 0.05) is 31.9 Å². The van der Waals surface area contributed by atoms with Gasteiger partial charge in [-0.05, 0) is 37.3 Å². The maximum Gasteiger partial charge on any atom is 0.238 e. The van der Waals surface area contributed by atoms with Crippen molar-refractivity contribution in [2.24, 2.45) is 0 Å². The molecule has 28 heavy (non-hydrogen) atoms.